The van der Waals surface area contributed by atoms with Gasteiger partial charge in [0.05, 0.1) is 11.6 Å². The second kappa shape index (κ2) is 9.97. The van der Waals surface area contributed by atoms with Gasteiger partial charge in [0.15, 0.2) is 0 Å². The first-order valence-corrected chi connectivity index (χ1v) is 12.6. The van der Waals surface area contributed by atoms with E-state index < -0.39 is 0 Å². The fourth-order valence-electron chi connectivity index (χ4n) is 4.78. The zero-order chi connectivity index (χ0) is 24.4. The molecule has 2 heterocycles. The lowest BCUT2D eigenvalue weighted by Crippen LogP contribution is -2.38. The molecule has 34 heavy (non-hydrogen) atoms. The van der Waals surface area contributed by atoms with Gasteiger partial charge in [0.2, 0.25) is 0 Å². The summed E-state index contributed by atoms with van der Waals surface area (Å²) in [5.74, 6) is 2.03. The molecular weight excluding hydrogens is 414 g/mol. The normalized spacial score (nSPS) is 12.5. The van der Waals surface area contributed by atoms with Crippen molar-refractivity contribution in [3.05, 3.63) is 90.0 Å². The Kier molecular flexibility index (Phi) is 7.02. The molecule has 1 atom stereocenters. The van der Waals surface area contributed by atoms with Gasteiger partial charge in [-0.1, -0.05) is 52.8 Å². The van der Waals surface area contributed by atoms with E-state index in [-0.39, 0.29) is 0 Å². The van der Waals surface area contributed by atoms with E-state index in [0.29, 0.717) is 17.9 Å². The molecule has 0 radical (unpaired) electrons. The third kappa shape index (κ3) is 4.44. The topological polar surface area (TPSA) is 21.7 Å². The van der Waals surface area contributed by atoms with Gasteiger partial charge in [-0.05, 0) is 79.1 Å². The Bertz CT molecular complexity index is 1240. The van der Waals surface area contributed by atoms with E-state index in [9.17, 15) is 0 Å². The maximum atomic E-state index is 4.22. The molecule has 3 nitrogen and oxygen atoms in total. The van der Waals surface area contributed by atoms with E-state index in [1.54, 1.807) is 0 Å². The molecule has 0 aliphatic rings. The minimum absolute atomic E-state index is 0.387. The minimum Gasteiger partial charge on any atom is -0.265 e. The Balaban J connectivity index is 2.07. The number of aromatic nitrogens is 3. The summed E-state index contributed by atoms with van der Waals surface area (Å²) < 4.78 is 4.91. The fourth-order valence-corrected chi connectivity index (χ4v) is 4.78. The molecule has 0 N–H and O–H groups in total. The van der Waals surface area contributed by atoms with Crippen LogP contribution in [0, 0.1) is 6.92 Å². The molecule has 4 rings (SSSR count). The van der Waals surface area contributed by atoms with Crippen molar-refractivity contribution in [3.8, 4) is 28.2 Å². The first-order chi connectivity index (χ1) is 16.3. The number of pyridine rings is 1. The van der Waals surface area contributed by atoms with Gasteiger partial charge < -0.3 is 0 Å². The maximum absolute atomic E-state index is 4.22. The van der Waals surface area contributed by atoms with Crippen molar-refractivity contribution in [2.45, 2.75) is 72.8 Å². The van der Waals surface area contributed by atoms with E-state index in [1.165, 1.54) is 44.9 Å². The highest BCUT2D eigenvalue weighted by atomic mass is 15.2. The Morgan fingerprint density at radius 1 is 0.853 bits per heavy atom. The van der Waals surface area contributed by atoms with Gasteiger partial charge in [-0.3, -0.25) is 4.98 Å². The first kappa shape index (κ1) is 23.9. The number of benzene rings is 2. The van der Waals surface area contributed by atoms with Crippen LogP contribution in [0.3, 0.4) is 0 Å². The Labute approximate surface area is 205 Å². The molecule has 2 aromatic carbocycles. The van der Waals surface area contributed by atoms with Crippen LogP contribution in [0.2, 0.25) is 0 Å². The van der Waals surface area contributed by atoms with Crippen LogP contribution < -0.4 is 4.57 Å². The second-order valence-corrected chi connectivity index (χ2v) is 10.0. The zero-order valence-corrected chi connectivity index (χ0v) is 21.7. The van der Waals surface area contributed by atoms with Gasteiger partial charge in [-0.15, -0.1) is 0 Å². The summed E-state index contributed by atoms with van der Waals surface area (Å²) in [6.07, 6.45) is 9.38. The Morgan fingerprint density at radius 3 is 2.03 bits per heavy atom. The van der Waals surface area contributed by atoms with Crippen LogP contribution in [0.4, 0.5) is 0 Å². The molecule has 0 saturated heterocycles. The average molecular weight is 453 g/mol. The van der Waals surface area contributed by atoms with Crippen molar-refractivity contribution in [2.24, 2.45) is 0 Å². The maximum Gasteiger partial charge on any atom is 0.294 e. The molecule has 0 unspecified atom stereocenters. The molecule has 0 aliphatic heterocycles. The van der Waals surface area contributed by atoms with Crippen molar-refractivity contribution in [1.82, 2.24) is 9.55 Å². The lowest BCUT2D eigenvalue weighted by molar-refractivity contribution is -0.708. The highest BCUT2D eigenvalue weighted by molar-refractivity contribution is 5.71. The van der Waals surface area contributed by atoms with E-state index in [0.717, 1.165) is 6.42 Å². The minimum atomic E-state index is 0.387. The van der Waals surface area contributed by atoms with Gasteiger partial charge in [-0.2, -0.15) is 4.57 Å². The predicted octanol–water partition coefficient (Wildman–Crippen LogP) is 8.02. The number of imidazole rings is 1. The molecule has 0 saturated carbocycles. The lowest BCUT2D eigenvalue weighted by atomic mass is 9.88. The molecule has 3 heteroatoms. The number of aryl methyl sites for hydroxylation is 1. The van der Waals surface area contributed by atoms with E-state index >= 15 is 0 Å². The largest absolute Gasteiger partial charge is 0.294 e. The van der Waals surface area contributed by atoms with Crippen LogP contribution in [0.5, 0.6) is 0 Å². The number of nitrogens with zero attached hydrogens (tertiary/aromatic N) is 3. The number of hydrogen-bond acceptors (Lipinski definition) is 1. The second-order valence-electron chi connectivity index (χ2n) is 10.0. The van der Waals surface area contributed by atoms with Crippen LogP contribution in [-0.4, -0.2) is 9.55 Å². The summed E-state index contributed by atoms with van der Waals surface area (Å²) in [6.45, 7) is 16.0. The summed E-state index contributed by atoms with van der Waals surface area (Å²) in [6, 6.07) is 18.2. The zero-order valence-electron chi connectivity index (χ0n) is 21.7. The Hall–Kier alpha value is -3.20. The quantitative estimate of drug-likeness (QED) is 0.260. The highest BCUT2D eigenvalue weighted by Crippen LogP contribution is 2.38. The third-order valence-corrected chi connectivity index (χ3v) is 6.97. The third-order valence-electron chi connectivity index (χ3n) is 6.97. The molecule has 0 bridgehead atoms. The molecule has 176 valence electrons. The van der Waals surface area contributed by atoms with Gasteiger partial charge in [0.25, 0.3) is 5.82 Å². The van der Waals surface area contributed by atoms with Gasteiger partial charge >= 0.3 is 0 Å². The van der Waals surface area contributed by atoms with Crippen LogP contribution in [0.25, 0.3) is 28.2 Å². The molecule has 0 amide bonds. The van der Waals surface area contributed by atoms with Crippen molar-refractivity contribution >= 4 is 0 Å². The van der Waals surface area contributed by atoms with Crippen LogP contribution in [-0.2, 0) is 0 Å². The van der Waals surface area contributed by atoms with Gasteiger partial charge in [0, 0.05) is 23.5 Å². The lowest BCUT2D eigenvalue weighted by Gasteiger charge is -2.21. The standard InChI is InChI=1S/C31H38N3/c1-8-24(7)33-17-18-34(31(33)27-12-10-9-11-23(27)6)30-28(21(2)3)19-26(20-29(30)22(4)5)25-13-15-32-16-14-25/h9-22,24H,8H2,1-7H3/q+1/t24-/m1/s1. The molecule has 0 aliphatic carbocycles. The smallest absolute Gasteiger partial charge is 0.265 e. The molecule has 0 spiro atoms. The summed E-state index contributed by atoms with van der Waals surface area (Å²) in [4.78, 5) is 4.22. The van der Waals surface area contributed by atoms with Crippen molar-refractivity contribution in [2.75, 3.05) is 0 Å². The van der Waals surface area contributed by atoms with Gasteiger partial charge in [-0.25, -0.2) is 4.57 Å². The molecular formula is C31H38N3+. The molecule has 2 aromatic heterocycles. The SMILES string of the molecule is CC[C@@H](C)[n+]1ccn(-c2c(C(C)C)cc(-c3ccncc3)cc2C(C)C)c1-c1ccccc1C. The summed E-state index contributed by atoms with van der Waals surface area (Å²) in [5, 5.41) is 0. The van der Waals surface area contributed by atoms with Gasteiger partial charge in [0.1, 0.15) is 18.1 Å². The fraction of sp³-hybridized carbons (Fsp3) is 0.355. The van der Waals surface area contributed by atoms with Crippen LogP contribution >= 0.6 is 0 Å². The van der Waals surface area contributed by atoms with E-state index in [2.05, 4.69) is 124 Å². The van der Waals surface area contributed by atoms with Crippen molar-refractivity contribution in [3.63, 3.8) is 0 Å². The molecule has 4 aromatic rings. The number of rotatable bonds is 7. The predicted molar refractivity (Wildman–Crippen MR) is 143 cm³/mol. The summed E-state index contributed by atoms with van der Waals surface area (Å²) in [5.41, 5.74) is 9.13. The van der Waals surface area contributed by atoms with Crippen molar-refractivity contribution < 1.29 is 4.57 Å². The summed E-state index contributed by atoms with van der Waals surface area (Å²) in [7, 11) is 0. The Morgan fingerprint density at radius 2 is 1.47 bits per heavy atom. The highest BCUT2D eigenvalue weighted by Gasteiger charge is 2.30. The number of hydrogen-bond donors (Lipinski definition) is 0. The average Bonchev–Trinajstić information content (AvgIpc) is 3.28. The monoisotopic (exact) mass is 452 g/mol. The van der Waals surface area contributed by atoms with Crippen LogP contribution in [0.15, 0.2) is 73.3 Å². The first-order valence-electron chi connectivity index (χ1n) is 12.6. The van der Waals surface area contributed by atoms with E-state index in [4.69, 9.17) is 0 Å². The van der Waals surface area contributed by atoms with Crippen LogP contribution in [0.1, 0.15) is 82.5 Å². The van der Waals surface area contributed by atoms with Crippen molar-refractivity contribution in [1.29, 1.82) is 0 Å². The summed E-state index contributed by atoms with van der Waals surface area (Å²) >= 11 is 0. The molecule has 0 fully saturated rings. The van der Waals surface area contributed by atoms with E-state index in [1.807, 2.05) is 12.4 Å².